The molecule has 152 valence electrons. The van der Waals surface area contributed by atoms with Crippen molar-refractivity contribution in [1.29, 1.82) is 0 Å². The summed E-state index contributed by atoms with van der Waals surface area (Å²) in [5.41, 5.74) is 2.04. The Morgan fingerprint density at radius 1 is 0.889 bits per heavy atom. The van der Waals surface area contributed by atoms with E-state index < -0.39 is 24.2 Å². The molecule has 0 atom stereocenters. The van der Waals surface area contributed by atoms with Crippen molar-refractivity contribution in [2.75, 3.05) is 0 Å². The first-order chi connectivity index (χ1) is 12.8. The summed E-state index contributed by atoms with van der Waals surface area (Å²) in [7, 11) is 0. The van der Waals surface area contributed by atoms with Gasteiger partial charge in [-0.3, -0.25) is 9.59 Å². The Hall–Kier alpha value is -1.65. The normalized spacial score (nSPS) is 11.6. The lowest BCUT2D eigenvalue weighted by atomic mass is 9.94. The molecule has 5 heteroatoms. The predicted molar refractivity (Wildman–Crippen MR) is 102 cm³/mol. The van der Waals surface area contributed by atoms with E-state index in [9.17, 15) is 22.8 Å². The van der Waals surface area contributed by atoms with Gasteiger partial charge in [0.05, 0.1) is 6.42 Å². The molecule has 1 aromatic rings. The van der Waals surface area contributed by atoms with Gasteiger partial charge in [0.1, 0.15) is 0 Å². The highest BCUT2D eigenvalue weighted by atomic mass is 19.4. The smallest absolute Gasteiger partial charge is 0.294 e. The lowest BCUT2D eigenvalue weighted by Crippen LogP contribution is -2.25. The molecule has 0 aromatic heterocycles. The number of rotatable bonds is 13. The Labute approximate surface area is 160 Å². The summed E-state index contributed by atoms with van der Waals surface area (Å²) >= 11 is 0. The van der Waals surface area contributed by atoms with E-state index in [1.54, 1.807) is 12.1 Å². The first-order valence-corrected chi connectivity index (χ1v) is 10.0. The molecule has 0 saturated heterocycles. The minimum Gasteiger partial charge on any atom is -0.294 e. The molecule has 0 bridgehead atoms. The van der Waals surface area contributed by atoms with Crippen molar-refractivity contribution in [3.63, 3.8) is 0 Å². The highest BCUT2D eigenvalue weighted by Crippen LogP contribution is 2.22. The van der Waals surface area contributed by atoms with E-state index in [1.807, 2.05) is 13.0 Å². The van der Waals surface area contributed by atoms with Crippen LogP contribution in [0.2, 0.25) is 0 Å². The fraction of sp³-hybridized carbons (Fsp3) is 0.636. The van der Waals surface area contributed by atoms with Crippen molar-refractivity contribution in [3.05, 3.63) is 34.9 Å². The number of alkyl halides is 3. The van der Waals surface area contributed by atoms with Gasteiger partial charge in [0.25, 0.3) is 0 Å². The fourth-order valence-corrected chi connectivity index (χ4v) is 3.17. The van der Waals surface area contributed by atoms with E-state index in [-0.39, 0.29) is 5.56 Å². The monoisotopic (exact) mass is 384 g/mol. The van der Waals surface area contributed by atoms with Crippen LogP contribution in [0.3, 0.4) is 0 Å². The lowest BCUT2D eigenvalue weighted by molar-refractivity contribution is -0.170. The molecule has 0 spiro atoms. The molecule has 0 heterocycles. The van der Waals surface area contributed by atoms with Crippen LogP contribution in [0.4, 0.5) is 13.2 Å². The summed E-state index contributed by atoms with van der Waals surface area (Å²) in [6.45, 7) is 4.06. The Morgan fingerprint density at radius 2 is 1.48 bits per heavy atom. The fourth-order valence-electron chi connectivity index (χ4n) is 3.17. The van der Waals surface area contributed by atoms with Crippen LogP contribution in [0.25, 0.3) is 0 Å². The first-order valence-electron chi connectivity index (χ1n) is 10.0. The average molecular weight is 384 g/mol. The molecule has 0 unspecified atom stereocenters. The lowest BCUT2D eigenvalue weighted by Gasteiger charge is -2.11. The van der Waals surface area contributed by atoms with Crippen LogP contribution in [0.5, 0.6) is 0 Å². The topological polar surface area (TPSA) is 34.1 Å². The van der Waals surface area contributed by atoms with E-state index in [1.165, 1.54) is 38.5 Å². The van der Waals surface area contributed by atoms with Crippen molar-refractivity contribution in [2.45, 2.75) is 90.7 Å². The van der Waals surface area contributed by atoms with Crippen LogP contribution >= 0.6 is 0 Å². The Bertz CT molecular complexity index is 606. The second-order valence-corrected chi connectivity index (χ2v) is 7.09. The van der Waals surface area contributed by atoms with Crippen molar-refractivity contribution < 1.29 is 22.8 Å². The number of aryl methyl sites for hydroxylation is 2. The van der Waals surface area contributed by atoms with Crippen LogP contribution in [0, 0.1) is 0 Å². The molecule has 0 saturated carbocycles. The van der Waals surface area contributed by atoms with Gasteiger partial charge in [0.15, 0.2) is 5.78 Å². The number of benzene rings is 1. The number of Topliss-reactive ketones (excluding diaryl/α,β-unsaturated/α-hetero) is 2. The summed E-state index contributed by atoms with van der Waals surface area (Å²) in [6, 6.07) is 5.27. The van der Waals surface area contributed by atoms with Crippen molar-refractivity contribution in [2.24, 2.45) is 0 Å². The predicted octanol–water partition coefficient (Wildman–Crippen LogP) is 6.64. The van der Waals surface area contributed by atoms with Crippen LogP contribution in [-0.4, -0.2) is 17.7 Å². The maximum absolute atomic E-state index is 12.4. The van der Waals surface area contributed by atoms with Crippen LogP contribution in [0.15, 0.2) is 18.2 Å². The van der Waals surface area contributed by atoms with Crippen LogP contribution < -0.4 is 0 Å². The van der Waals surface area contributed by atoms with Crippen LogP contribution in [0.1, 0.15) is 93.1 Å². The standard InChI is InChI=1S/C22H31F3O2/c1-3-5-6-7-8-9-10-11-12-17-13-14-19(18(4-2)15-17)20(26)16-21(27)22(23,24)25/h13-15H,3-12,16H2,1-2H3. The minimum absolute atomic E-state index is 0.231. The van der Waals surface area contributed by atoms with E-state index in [4.69, 9.17) is 0 Å². The SMILES string of the molecule is CCCCCCCCCCc1ccc(C(=O)CC(=O)C(F)(F)F)c(CC)c1. The first kappa shape index (κ1) is 23.4. The zero-order chi connectivity index (χ0) is 20.3. The number of carbonyl (C=O) groups excluding carboxylic acids is 2. The van der Waals surface area contributed by atoms with Gasteiger partial charge in [-0.1, -0.05) is 77.0 Å². The molecule has 2 nitrogen and oxygen atoms in total. The molecular formula is C22H31F3O2. The molecule has 0 radical (unpaired) electrons. The largest absolute Gasteiger partial charge is 0.450 e. The maximum Gasteiger partial charge on any atom is 0.450 e. The number of hydrogen-bond acceptors (Lipinski definition) is 2. The highest BCUT2D eigenvalue weighted by Gasteiger charge is 2.39. The summed E-state index contributed by atoms with van der Waals surface area (Å²) in [6.07, 6.45) is 5.25. The van der Waals surface area contributed by atoms with Gasteiger partial charge in [0.2, 0.25) is 5.78 Å². The second-order valence-electron chi connectivity index (χ2n) is 7.09. The molecule has 0 N–H and O–H groups in total. The van der Waals surface area contributed by atoms with Crippen LogP contribution in [-0.2, 0) is 17.6 Å². The summed E-state index contributed by atoms with van der Waals surface area (Å²) in [5, 5.41) is 0. The number of ketones is 2. The molecular weight excluding hydrogens is 353 g/mol. The Morgan fingerprint density at radius 3 is 2.04 bits per heavy atom. The number of hydrogen-bond donors (Lipinski definition) is 0. The third kappa shape index (κ3) is 8.72. The van der Waals surface area contributed by atoms with Gasteiger partial charge in [-0.25, -0.2) is 0 Å². The third-order valence-electron chi connectivity index (χ3n) is 4.81. The van der Waals surface area contributed by atoms with Gasteiger partial charge in [-0.15, -0.1) is 0 Å². The molecule has 0 fully saturated rings. The zero-order valence-electron chi connectivity index (χ0n) is 16.5. The number of carbonyl (C=O) groups is 2. The quantitative estimate of drug-likeness (QED) is 0.217. The van der Waals surface area contributed by atoms with E-state index in [2.05, 4.69) is 6.92 Å². The van der Waals surface area contributed by atoms with E-state index >= 15 is 0 Å². The van der Waals surface area contributed by atoms with Gasteiger partial charge in [-0.2, -0.15) is 13.2 Å². The Balaban J connectivity index is 2.52. The Kier molecular flexibility index (Phi) is 10.3. The molecule has 1 rings (SSSR count). The molecule has 1 aromatic carbocycles. The second kappa shape index (κ2) is 11.9. The summed E-state index contributed by atoms with van der Waals surface area (Å²) < 4.78 is 37.1. The van der Waals surface area contributed by atoms with Crippen molar-refractivity contribution >= 4 is 11.6 Å². The molecule has 0 aliphatic carbocycles. The van der Waals surface area contributed by atoms with Gasteiger partial charge >= 0.3 is 6.18 Å². The third-order valence-corrected chi connectivity index (χ3v) is 4.81. The van der Waals surface area contributed by atoms with E-state index in [0.717, 1.165) is 24.8 Å². The van der Waals surface area contributed by atoms with Crippen molar-refractivity contribution in [3.8, 4) is 0 Å². The zero-order valence-corrected chi connectivity index (χ0v) is 16.5. The van der Waals surface area contributed by atoms with Gasteiger partial charge < -0.3 is 0 Å². The van der Waals surface area contributed by atoms with E-state index in [0.29, 0.717) is 12.0 Å². The molecule has 27 heavy (non-hydrogen) atoms. The minimum atomic E-state index is -4.96. The molecule has 0 amide bonds. The summed E-state index contributed by atoms with van der Waals surface area (Å²) in [4.78, 5) is 23.1. The van der Waals surface area contributed by atoms with Gasteiger partial charge in [0, 0.05) is 5.56 Å². The summed E-state index contributed by atoms with van der Waals surface area (Å²) in [5.74, 6) is -2.75. The number of halogens is 3. The number of unbranched alkanes of at least 4 members (excludes halogenated alkanes) is 7. The van der Waals surface area contributed by atoms with Crippen molar-refractivity contribution in [1.82, 2.24) is 0 Å². The molecule has 0 aliphatic heterocycles. The average Bonchev–Trinajstić information content (AvgIpc) is 2.62. The van der Waals surface area contributed by atoms with Gasteiger partial charge in [-0.05, 0) is 30.4 Å². The maximum atomic E-state index is 12.4. The molecule has 0 aliphatic rings. The highest BCUT2D eigenvalue weighted by molar-refractivity contribution is 6.10.